The normalized spacial score (nSPS) is 11.2. The van der Waals surface area contributed by atoms with Gasteiger partial charge < -0.3 is 0 Å². The SMILES string of the molecule is O=C(C[N+](=O)[O-])c1cccc(C(F)(F)F)c1. The zero-order valence-electron chi connectivity index (χ0n) is 7.82. The van der Waals surface area contributed by atoms with Gasteiger partial charge in [0.05, 0.1) is 5.56 Å². The highest BCUT2D eigenvalue weighted by atomic mass is 19.4. The first kappa shape index (κ1) is 12.2. The molecule has 0 saturated carbocycles. The molecule has 0 aliphatic carbocycles. The van der Waals surface area contributed by atoms with Gasteiger partial charge in [-0.25, -0.2) is 0 Å². The predicted octanol–water partition coefficient (Wildman–Crippen LogP) is 2.16. The maximum Gasteiger partial charge on any atom is 0.416 e. The van der Waals surface area contributed by atoms with Crippen molar-refractivity contribution in [2.75, 3.05) is 6.54 Å². The summed E-state index contributed by atoms with van der Waals surface area (Å²) in [6.45, 7) is -1.01. The molecule has 0 amide bonds. The van der Waals surface area contributed by atoms with Gasteiger partial charge in [-0.2, -0.15) is 13.2 Å². The van der Waals surface area contributed by atoms with Crippen molar-refractivity contribution >= 4 is 5.78 Å². The number of Topliss-reactive ketones (excluding diaryl/α,β-unsaturated/α-hetero) is 1. The van der Waals surface area contributed by atoms with E-state index in [-0.39, 0.29) is 5.56 Å². The third-order valence-corrected chi connectivity index (χ3v) is 1.78. The highest BCUT2D eigenvalue weighted by Crippen LogP contribution is 2.29. The van der Waals surface area contributed by atoms with E-state index >= 15 is 0 Å². The minimum absolute atomic E-state index is 0.313. The molecule has 0 radical (unpaired) electrons. The molecule has 4 nitrogen and oxygen atoms in total. The fourth-order valence-corrected chi connectivity index (χ4v) is 1.08. The summed E-state index contributed by atoms with van der Waals surface area (Å²) in [5.41, 5.74) is -1.31. The first-order chi connectivity index (χ1) is 7.30. The van der Waals surface area contributed by atoms with E-state index in [1.165, 1.54) is 0 Å². The van der Waals surface area contributed by atoms with Crippen LogP contribution in [0.2, 0.25) is 0 Å². The average molecular weight is 233 g/mol. The van der Waals surface area contributed by atoms with E-state index in [9.17, 15) is 28.1 Å². The number of nitro groups is 1. The Hall–Kier alpha value is -1.92. The molecule has 0 bridgehead atoms. The van der Waals surface area contributed by atoms with E-state index in [1.54, 1.807) is 0 Å². The lowest BCUT2D eigenvalue weighted by molar-refractivity contribution is -0.465. The first-order valence-corrected chi connectivity index (χ1v) is 4.13. The summed E-state index contributed by atoms with van der Waals surface area (Å²) in [4.78, 5) is 20.3. The number of benzene rings is 1. The van der Waals surface area contributed by atoms with Crippen LogP contribution in [-0.2, 0) is 6.18 Å². The predicted molar refractivity (Wildman–Crippen MR) is 47.6 cm³/mol. The lowest BCUT2D eigenvalue weighted by Gasteiger charge is -2.06. The van der Waals surface area contributed by atoms with E-state index in [0.717, 1.165) is 18.2 Å². The van der Waals surface area contributed by atoms with Gasteiger partial charge in [0.1, 0.15) is 0 Å². The fraction of sp³-hybridized carbons (Fsp3) is 0.222. The molecule has 0 unspecified atom stereocenters. The summed E-state index contributed by atoms with van der Waals surface area (Å²) in [6.07, 6.45) is -4.56. The number of rotatable bonds is 3. The zero-order chi connectivity index (χ0) is 12.3. The summed E-state index contributed by atoms with van der Waals surface area (Å²) >= 11 is 0. The van der Waals surface area contributed by atoms with Crippen molar-refractivity contribution in [3.05, 3.63) is 45.5 Å². The molecule has 16 heavy (non-hydrogen) atoms. The molecule has 7 heteroatoms. The third-order valence-electron chi connectivity index (χ3n) is 1.78. The van der Waals surface area contributed by atoms with Gasteiger partial charge in [0.25, 0.3) is 6.54 Å². The van der Waals surface area contributed by atoms with Crippen LogP contribution in [0.3, 0.4) is 0 Å². The standard InChI is InChI=1S/C9H6F3NO3/c10-9(11,12)7-3-1-2-6(4-7)8(14)5-13(15)16/h1-4H,5H2. The van der Waals surface area contributed by atoms with Crippen LogP contribution < -0.4 is 0 Å². The molecule has 0 atom stereocenters. The summed E-state index contributed by atoms with van der Waals surface area (Å²) in [7, 11) is 0. The average Bonchev–Trinajstić information content (AvgIpc) is 2.15. The van der Waals surface area contributed by atoms with Crippen molar-refractivity contribution < 1.29 is 22.9 Å². The molecule has 0 fully saturated rings. The molecule has 0 aromatic heterocycles. The Kier molecular flexibility index (Phi) is 3.26. The van der Waals surface area contributed by atoms with Crippen molar-refractivity contribution in [3.8, 4) is 0 Å². The molecular weight excluding hydrogens is 227 g/mol. The van der Waals surface area contributed by atoms with E-state index in [2.05, 4.69) is 0 Å². The monoisotopic (exact) mass is 233 g/mol. The molecule has 0 spiro atoms. The molecule has 86 valence electrons. The van der Waals surface area contributed by atoms with Crippen LogP contribution in [0.1, 0.15) is 15.9 Å². The maximum absolute atomic E-state index is 12.2. The second-order valence-electron chi connectivity index (χ2n) is 2.99. The lowest BCUT2D eigenvalue weighted by Crippen LogP contribution is -2.15. The third kappa shape index (κ3) is 3.04. The molecule has 1 aromatic rings. The number of halogens is 3. The van der Waals surface area contributed by atoms with Crippen LogP contribution in [0, 0.1) is 10.1 Å². The van der Waals surface area contributed by atoms with E-state index in [0.29, 0.717) is 6.07 Å². The Balaban J connectivity index is 2.99. The van der Waals surface area contributed by atoms with Gasteiger partial charge in [0.15, 0.2) is 0 Å². The Bertz CT molecular complexity index is 428. The van der Waals surface area contributed by atoms with Crippen molar-refractivity contribution in [3.63, 3.8) is 0 Å². The smallest absolute Gasteiger partial charge is 0.287 e. The quantitative estimate of drug-likeness (QED) is 0.456. The Labute approximate surface area is 87.8 Å². The van der Waals surface area contributed by atoms with Crippen molar-refractivity contribution in [1.29, 1.82) is 0 Å². The number of carbonyl (C=O) groups is 1. The van der Waals surface area contributed by atoms with Crippen LogP contribution in [0.5, 0.6) is 0 Å². The summed E-state index contributed by atoms with van der Waals surface area (Å²) in [5, 5.41) is 10.0. The Morgan fingerprint density at radius 3 is 2.50 bits per heavy atom. The van der Waals surface area contributed by atoms with Crippen LogP contribution in [0.25, 0.3) is 0 Å². The second kappa shape index (κ2) is 4.30. The van der Waals surface area contributed by atoms with Gasteiger partial charge in [0, 0.05) is 10.5 Å². The molecule has 1 aromatic carbocycles. The highest BCUT2D eigenvalue weighted by molar-refractivity contribution is 5.97. The highest BCUT2D eigenvalue weighted by Gasteiger charge is 2.31. The van der Waals surface area contributed by atoms with Crippen LogP contribution in [0.4, 0.5) is 13.2 Å². The lowest BCUT2D eigenvalue weighted by atomic mass is 10.1. The van der Waals surface area contributed by atoms with Gasteiger partial charge in [-0.05, 0) is 12.1 Å². The zero-order valence-corrected chi connectivity index (χ0v) is 7.82. The second-order valence-corrected chi connectivity index (χ2v) is 2.99. The molecule has 0 heterocycles. The van der Waals surface area contributed by atoms with Crippen molar-refractivity contribution in [2.24, 2.45) is 0 Å². The largest absolute Gasteiger partial charge is 0.416 e. The van der Waals surface area contributed by atoms with Crippen LogP contribution in [0.15, 0.2) is 24.3 Å². The fourth-order valence-electron chi connectivity index (χ4n) is 1.08. The molecular formula is C9H6F3NO3. The molecule has 0 N–H and O–H groups in total. The number of alkyl halides is 3. The first-order valence-electron chi connectivity index (χ1n) is 4.13. The van der Waals surface area contributed by atoms with E-state index in [4.69, 9.17) is 0 Å². The van der Waals surface area contributed by atoms with E-state index < -0.39 is 29.0 Å². The van der Waals surface area contributed by atoms with Gasteiger partial charge in [-0.15, -0.1) is 0 Å². The van der Waals surface area contributed by atoms with Crippen molar-refractivity contribution in [1.82, 2.24) is 0 Å². The van der Waals surface area contributed by atoms with Crippen molar-refractivity contribution in [2.45, 2.75) is 6.18 Å². The number of ketones is 1. The Morgan fingerprint density at radius 2 is 2.00 bits per heavy atom. The van der Waals surface area contributed by atoms with Crippen LogP contribution >= 0.6 is 0 Å². The number of nitrogens with zero attached hydrogens (tertiary/aromatic N) is 1. The minimum atomic E-state index is -4.56. The van der Waals surface area contributed by atoms with Gasteiger partial charge >= 0.3 is 6.18 Å². The van der Waals surface area contributed by atoms with E-state index in [1.807, 2.05) is 0 Å². The van der Waals surface area contributed by atoms with Gasteiger partial charge in [-0.3, -0.25) is 14.9 Å². The number of carbonyl (C=O) groups excluding carboxylic acids is 1. The Morgan fingerprint density at radius 1 is 1.38 bits per heavy atom. The molecule has 0 aliphatic rings. The molecule has 0 aliphatic heterocycles. The van der Waals surface area contributed by atoms with Gasteiger partial charge in [-0.1, -0.05) is 12.1 Å². The van der Waals surface area contributed by atoms with Gasteiger partial charge in [0.2, 0.25) is 5.78 Å². The summed E-state index contributed by atoms with van der Waals surface area (Å²) in [5.74, 6) is -0.948. The topological polar surface area (TPSA) is 60.2 Å². The summed E-state index contributed by atoms with van der Waals surface area (Å²) in [6, 6.07) is 3.55. The summed E-state index contributed by atoms with van der Waals surface area (Å²) < 4.78 is 36.7. The van der Waals surface area contributed by atoms with Crippen LogP contribution in [-0.4, -0.2) is 17.3 Å². The maximum atomic E-state index is 12.2. The number of hydrogen-bond acceptors (Lipinski definition) is 3. The minimum Gasteiger partial charge on any atom is -0.287 e. The number of hydrogen-bond donors (Lipinski definition) is 0. The molecule has 1 rings (SSSR count). The molecule has 0 saturated heterocycles.